The number of urea groups is 1. The van der Waals surface area contributed by atoms with E-state index in [2.05, 4.69) is 20.9 Å². The lowest BCUT2D eigenvalue weighted by Gasteiger charge is -2.11. The first-order valence-electron chi connectivity index (χ1n) is 9.35. The first kappa shape index (κ1) is 18.0. The highest BCUT2D eigenvalue weighted by molar-refractivity contribution is 6.12. The van der Waals surface area contributed by atoms with Gasteiger partial charge in [-0.3, -0.25) is 9.78 Å². The molecule has 0 radical (unpaired) electrons. The Bertz CT molecular complexity index is 1060. The third-order valence-electron chi connectivity index (χ3n) is 4.65. The first-order valence-corrected chi connectivity index (χ1v) is 9.35. The minimum absolute atomic E-state index is 0.187. The number of pyridine rings is 1. The van der Waals surface area contributed by atoms with Crippen molar-refractivity contribution in [1.29, 1.82) is 0 Å². The van der Waals surface area contributed by atoms with E-state index in [1.54, 1.807) is 30.3 Å². The smallest absolute Gasteiger partial charge is 0.319 e. The zero-order valence-corrected chi connectivity index (χ0v) is 15.9. The maximum atomic E-state index is 12.9. The van der Waals surface area contributed by atoms with Crippen LogP contribution in [0.1, 0.15) is 34.5 Å². The summed E-state index contributed by atoms with van der Waals surface area (Å²) in [4.78, 5) is 29.2. The van der Waals surface area contributed by atoms with Gasteiger partial charge in [-0.05, 0) is 69.2 Å². The van der Waals surface area contributed by atoms with Crippen molar-refractivity contribution in [2.45, 2.75) is 32.7 Å². The number of carbonyl (C=O) groups is 2. The summed E-state index contributed by atoms with van der Waals surface area (Å²) in [6, 6.07) is 14.9. The van der Waals surface area contributed by atoms with Crippen molar-refractivity contribution in [3.05, 3.63) is 65.4 Å². The summed E-state index contributed by atoms with van der Waals surface area (Å²) in [6.45, 7) is 3.87. The second-order valence-corrected chi connectivity index (χ2v) is 7.24. The van der Waals surface area contributed by atoms with Crippen LogP contribution in [-0.4, -0.2) is 23.0 Å². The van der Waals surface area contributed by atoms with Gasteiger partial charge in [-0.2, -0.15) is 0 Å². The second kappa shape index (κ2) is 7.31. The molecule has 2 aromatic carbocycles. The van der Waals surface area contributed by atoms with Crippen molar-refractivity contribution in [2.24, 2.45) is 0 Å². The summed E-state index contributed by atoms with van der Waals surface area (Å²) in [7, 11) is 0. The quantitative estimate of drug-likeness (QED) is 0.633. The summed E-state index contributed by atoms with van der Waals surface area (Å²) in [6.07, 6.45) is 2.09. The fraction of sp³-hybridized carbons (Fsp3) is 0.227. The van der Waals surface area contributed by atoms with Crippen LogP contribution >= 0.6 is 0 Å². The largest absolute Gasteiger partial charge is 0.335 e. The minimum atomic E-state index is -0.201. The van der Waals surface area contributed by atoms with E-state index in [-0.39, 0.29) is 11.9 Å². The van der Waals surface area contributed by atoms with Gasteiger partial charge in [-0.15, -0.1) is 0 Å². The summed E-state index contributed by atoms with van der Waals surface area (Å²) in [5.41, 5.74) is 4.61. The fourth-order valence-electron chi connectivity index (χ4n) is 3.08. The molecule has 3 N–H and O–H groups in total. The molecule has 3 amide bonds. The van der Waals surface area contributed by atoms with E-state index in [4.69, 9.17) is 0 Å². The Morgan fingerprint density at radius 3 is 2.29 bits per heavy atom. The van der Waals surface area contributed by atoms with Crippen LogP contribution in [0.25, 0.3) is 10.9 Å². The van der Waals surface area contributed by atoms with Gasteiger partial charge in [0.25, 0.3) is 5.91 Å². The van der Waals surface area contributed by atoms with Crippen LogP contribution in [0.2, 0.25) is 0 Å². The molecule has 0 aliphatic heterocycles. The van der Waals surface area contributed by atoms with E-state index in [1.807, 2.05) is 32.0 Å². The van der Waals surface area contributed by atoms with Crippen LogP contribution < -0.4 is 16.0 Å². The van der Waals surface area contributed by atoms with Crippen molar-refractivity contribution in [1.82, 2.24) is 10.3 Å². The van der Waals surface area contributed by atoms with Crippen LogP contribution in [0.15, 0.2) is 48.5 Å². The molecule has 1 fully saturated rings. The number of hydrogen-bond donors (Lipinski definition) is 3. The zero-order valence-electron chi connectivity index (χ0n) is 15.9. The predicted molar refractivity (Wildman–Crippen MR) is 111 cm³/mol. The average Bonchev–Trinajstić information content (AvgIpc) is 3.47. The molecule has 1 aliphatic rings. The second-order valence-electron chi connectivity index (χ2n) is 7.24. The van der Waals surface area contributed by atoms with Crippen LogP contribution in [0, 0.1) is 13.8 Å². The van der Waals surface area contributed by atoms with Gasteiger partial charge in [-0.1, -0.05) is 11.6 Å². The molecule has 142 valence electrons. The maximum Gasteiger partial charge on any atom is 0.319 e. The van der Waals surface area contributed by atoms with E-state index in [0.29, 0.717) is 23.0 Å². The molecule has 6 nitrogen and oxygen atoms in total. The zero-order chi connectivity index (χ0) is 19.7. The molecule has 0 unspecified atom stereocenters. The Morgan fingerprint density at radius 2 is 1.61 bits per heavy atom. The molecule has 28 heavy (non-hydrogen) atoms. The Kier molecular flexibility index (Phi) is 4.69. The van der Waals surface area contributed by atoms with E-state index < -0.39 is 0 Å². The summed E-state index contributed by atoms with van der Waals surface area (Å²) < 4.78 is 0. The molecular formula is C22H22N4O2. The first-order chi connectivity index (χ1) is 13.5. The number of aromatic nitrogens is 1. The van der Waals surface area contributed by atoms with Gasteiger partial charge >= 0.3 is 6.03 Å². The van der Waals surface area contributed by atoms with E-state index in [0.717, 1.165) is 35.0 Å². The number of hydrogen-bond acceptors (Lipinski definition) is 3. The highest BCUT2D eigenvalue weighted by atomic mass is 16.2. The monoisotopic (exact) mass is 374 g/mol. The Labute approximate surface area is 163 Å². The van der Waals surface area contributed by atoms with Crippen LogP contribution in [0.4, 0.5) is 16.2 Å². The van der Waals surface area contributed by atoms with Crippen molar-refractivity contribution < 1.29 is 9.59 Å². The topological polar surface area (TPSA) is 83.1 Å². The van der Waals surface area contributed by atoms with E-state index >= 15 is 0 Å². The number of anilines is 2. The number of aryl methyl sites for hydroxylation is 2. The van der Waals surface area contributed by atoms with Gasteiger partial charge in [-0.25, -0.2) is 4.79 Å². The lowest BCUT2D eigenvalue weighted by Crippen LogP contribution is -2.30. The third kappa shape index (κ3) is 4.11. The molecule has 1 heterocycles. The number of rotatable bonds is 4. The van der Waals surface area contributed by atoms with Crippen LogP contribution in [0.5, 0.6) is 0 Å². The van der Waals surface area contributed by atoms with E-state index in [1.165, 1.54) is 0 Å². The number of amides is 3. The molecule has 0 bridgehead atoms. The van der Waals surface area contributed by atoms with Crippen molar-refractivity contribution in [3.63, 3.8) is 0 Å². The van der Waals surface area contributed by atoms with Gasteiger partial charge in [0.05, 0.1) is 11.1 Å². The third-order valence-corrected chi connectivity index (χ3v) is 4.65. The molecule has 6 heteroatoms. The van der Waals surface area contributed by atoms with Crippen LogP contribution in [0.3, 0.4) is 0 Å². The number of fused-ring (bicyclic) bond motifs is 1. The average molecular weight is 374 g/mol. The van der Waals surface area contributed by atoms with Gasteiger partial charge in [0.15, 0.2) is 0 Å². The lowest BCUT2D eigenvalue weighted by atomic mass is 10.0. The minimum Gasteiger partial charge on any atom is -0.335 e. The molecule has 3 aromatic rings. The highest BCUT2D eigenvalue weighted by Crippen LogP contribution is 2.22. The Balaban J connectivity index is 1.49. The summed E-state index contributed by atoms with van der Waals surface area (Å²) >= 11 is 0. The van der Waals surface area contributed by atoms with Crippen molar-refractivity contribution in [3.8, 4) is 0 Å². The van der Waals surface area contributed by atoms with Gasteiger partial charge in [0.2, 0.25) is 0 Å². The maximum absolute atomic E-state index is 12.9. The predicted octanol–water partition coefficient (Wildman–Crippen LogP) is 4.39. The highest BCUT2D eigenvalue weighted by Gasteiger charge is 2.23. The standard InChI is InChI=1S/C22H22N4O2/c1-13-3-10-20-18(11-13)19(12-14(2)23-20)21(27)24-15-4-6-16(7-5-15)25-22(28)26-17-8-9-17/h3-7,10-12,17H,8-9H2,1-2H3,(H,24,27)(H2,25,26,28). The molecule has 0 atom stereocenters. The van der Waals surface area contributed by atoms with E-state index in [9.17, 15) is 9.59 Å². The summed E-state index contributed by atoms with van der Waals surface area (Å²) in [5.74, 6) is -0.187. The SMILES string of the molecule is Cc1ccc2nc(C)cc(C(=O)Nc3ccc(NC(=O)NC4CC4)cc3)c2c1. The van der Waals surface area contributed by atoms with Gasteiger partial charge < -0.3 is 16.0 Å². The Morgan fingerprint density at radius 1 is 0.929 bits per heavy atom. The summed E-state index contributed by atoms with van der Waals surface area (Å²) in [5, 5.41) is 9.42. The number of benzene rings is 2. The number of nitrogens with zero attached hydrogens (tertiary/aromatic N) is 1. The van der Waals surface area contributed by atoms with Crippen molar-refractivity contribution in [2.75, 3.05) is 10.6 Å². The molecular weight excluding hydrogens is 352 g/mol. The van der Waals surface area contributed by atoms with Gasteiger partial charge in [0.1, 0.15) is 0 Å². The normalized spacial score (nSPS) is 13.2. The molecule has 4 rings (SSSR count). The molecule has 0 spiro atoms. The van der Waals surface area contributed by atoms with Crippen molar-refractivity contribution >= 4 is 34.2 Å². The molecule has 0 saturated heterocycles. The number of carbonyl (C=O) groups excluding carboxylic acids is 2. The molecule has 1 aliphatic carbocycles. The fourth-order valence-corrected chi connectivity index (χ4v) is 3.08. The lowest BCUT2D eigenvalue weighted by molar-refractivity contribution is 0.102. The molecule has 1 aromatic heterocycles. The molecule has 1 saturated carbocycles. The van der Waals surface area contributed by atoms with Gasteiger partial charge in [0, 0.05) is 28.5 Å². The Hall–Kier alpha value is -3.41. The van der Waals surface area contributed by atoms with Crippen LogP contribution in [-0.2, 0) is 0 Å². The number of nitrogens with one attached hydrogen (secondary N) is 3.